The van der Waals surface area contributed by atoms with Gasteiger partial charge in [0.25, 0.3) is 5.91 Å². The maximum Gasteiger partial charge on any atom is 0.251 e. The summed E-state index contributed by atoms with van der Waals surface area (Å²) < 4.78 is 7.78. The Morgan fingerprint density at radius 2 is 2.00 bits per heavy atom. The lowest BCUT2D eigenvalue weighted by molar-refractivity contribution is 0.0731. The van der Waals surface area contributed by atoms with E-state index < -0.39 is 0 Å². The SMILES string of the molecule is COc1ccc2c(c1)c(CN1CC[C@H](CO)[C@H](NC(=O)c3ccccc3)C1)cn2C(C)C. The van der Waals surface area contributed by atoms with Gasteiger partial charge in [0.1, 0.15) is 5.75 Å². The number of rotatable bonds is 7. The van der Waals surface area contributed by atoms with Crippen LogP contribution in [0.3, 0.4) is 0 Å². The van der Waals surface area contributed by atoms with Crippen LogP contribution in [0, 0.1) is 5.92 Å². The van der Waals surface area contributed by atoms with E-state index in [1.54, 1.807) is 7.11 Å². The van der Waals surface area contributed by atoms with Gasteiger partial charge < -0.3 is 19.7 Å². The molecule has 1 saturated heterocycles. The van der Waals surface area contributed by atoms with E-state index in [0.29, 0.717) is 18.2 Å². The number of piperidine rings is 1. The van der Waals surface area contributed by atoms with Crippen molar-refractivity contribution in [2.75, 3.05) is 26.8 Å². The van der Waals surface area contributed by atoms with Gasteiger partial charge in [-0.05, 0) is 62.7 Å². The Kier molecular flexibility index (Phi) is 6.82. The lowest BCUT2D eigenvalue weighted by Crippen LogP contribution is -2.53. The van der Waals surface area contributed by atoms with Crippen molar-refractivity contribution in [3.8, 4) is 5.75 Å². The van der Waals surface area contributed by atoms with Crippen molar-refractivity contribution in [2.24, 2.45) is 5.92 Å². The summed E-state index contributed by atoms with van der Waals surface area (Å²) in [5.74, 6) is 0.834. The number of fused-ring (bicyclic) bond motifs is 1. The molecule has 1 aliphatic rings. The maximum atomic E-state index is 12.7. The molecule has 170 valence electrons. The smallest absolute Gasteiger partial charge is 0.251 e. The van der Waals surface area contributed by atoms with E-state index in [4.69, 9.17) is 4.74 Å². The molecule has 2 aromatic carbocycles. The molecule has 6 heteroatoms. The molecule has 1 fully saturated rings. The van der Waals surface area contributed by atoms with Crippen LogP contribution in [-0.2, 0) is 6.54 Å². The standard InChI is InChI=1S/C26H33N3O3/c1-18(2)29-15-21(23-13-22(32-3)9-10-25(23)29)14-28-12-11-20(17-30)24(16-28)27-26(31)19-7-5-4-6-8-19/h4-10,13,15,18,20,24,30H,11-12,14,16-17H2,1-3H3,(H,27,31)/t20-,24-/m1/s1. The number of amides is 1. The van der Waals surface area contributed by atoms with Crippen molar-refractivity contribution in [1.29, 1.82) is 0 Å². The van der Waals surface area contributed by atoms with Crippen LogP contribution < -0.4 is 10.1 Å². The molecule has 0 radical (unpaired) electrons. The number of aliphatic hydroxyl groups is 1. The van der Waals surface area contributed by atoms with Gasteiger partial charge in [0, 0.05) is 60.4 Å². The fourth-order valence-electron chi connectivity index (χ4n) is 4.66. The predicted molar refractivity (Wildman–Crippen MR) is 127 cm³/mol. The average molecular weight is 436 g/mol. The molecule has 3 aromatic rings. The topological polar surface area (TPSA) is 66.7 Å². The predicted octanol–water partition coefficient (Wildman–Crippen LogP) is 3.84. The van der Waals surface area contributed by atoms with Gasteiger partial charge in [-0.15, -0.1) is 0 Å². The van der Waals surface area contributed by atoms with Crippen LogP contribution in [0.1, 0.15) is 42.2 Å². The van der Waals surface area contributed by atoms with Gasteiger partial charge in [-0.2, -0.15) is 0 Å². The number of nitrogens with one attached hydrogen (secondary N) is 1. The quantitative estimate of drug-likeness (QED) is 0.592. The molecule has 6 nitrogen and oxygen atoms in total. The first kappa shape index (κ1) is 22.4. The maximum absolute atomic E-state index is 12.7. The Labute approximate surface area is 189 Å². The second-order valence-corrected chi connectivity index (χ2v) is 8.95. The van der Waals surface area contributed by atoms with E-state index in [-0.39, 0.29) is 24.5 Å². The lowest BCUT2D eigenvalue weighted by Gasteiger charge is -2.38. The van der Waals surface area contributed by atoms with Crippen LogP contribution in [0.5, 0.6) is 5.75 Å². The zero-order valence-corrected chi connectivity index (χ0v) is 19.1. The highest BCUT2D eigenvalue weighted by molar-refractivity contribution is 5.94. The van der Waals surface area contributed by atoms with Crippen LogP contribution >= 0.6 is 0 Å². The highest BCUT2D eigenvalue weighted by atomic mass is 16.5. The van der Waals surface area contributed by atoms with E-state index >= 15 is 0 Å². The van der Waals surface area contributed by atoms with Gasteiger partial charge in [0.05, 0.1) is 7.11 Å². The number of nitrogens with zero attached hydrogens (tertiary/aromatic N) is 2. The number of benzene rings is 2. The molecule has 32 heavy (non-hydrogen) atoms. The zero-order valence-electron chi connectivity index (χ0n) is 19.1. The molecule has 0 aliphatic carbocycles. The van der Waals surface area contributed by atoms with E-state index in [1.165, 1.54) is 16.5 Å². The third-order valence-corrected chi connectivity index (χ3v) is 6.50. The second-order valence-electron chi connectivity index (χ2n) is 8.95. The molecular weight excluding hydrogens is 402 g/mol. The average Bonchev–Trinajstić information content (AvgIpc) is 3.17. The number of aliphatic hydroxyl groups excluding tert-OH is 1. The highest BCUT2D eigenvalue weighted by Gasteiger charge is 2.30. The van der Waals surface area contributed by atoms with E-state index in [9.17, 15) is 9.90 Å². The van der Waals surface area contributed by atoms with Crippen molar-refractivity contribution >= 4 is 16.8 Å². The molecule has 1 amide bonds. The summed E-state index contributed by atoms with van der Waals surface area (Å²) in [6.45, 7) is 6.85. The first-order chi connectivity index (χ1) is 15.5. The minimum absolute atomic E-state index is 0.0658. The van der Waals surface area contributed by atoms with Gasteiger partial charge in [-0.3, -0.25) is 9.69 Å². The summed E-state index contributed by atoms with van der Waals surface area (Å²) >= 11 is 0. The van der Waals surface area contributed by atoms with Crippen LogP contribution in [-0.4, -0.2) is 53.3 Å². The highest BCUT2D eigenvalue weighted by Crippen LogP contribution is 2.30. The summed E-state index contributed by atoms with van der Waals surface area (Å²) in [6.07, 6.45) is 3.09. The number of likely N-dealkylation sites (tertiary alicyclic amines) is 1. The van der Waals surface area contributed by atoms with Crippen LogP contribution in [0.15, 0.2) is 54.7 Å². The van der Waals surface area contributed by atoms with Crippen molar-refractivity contribution in [3.05, 3.63) is 65.9 Å². The van der Waals surface area contributed by atoms with Crippen molar-refractivity contribution in [1.82, 2.24) is 14.8 Å². The molecule has 2 atom stereocenters. The Bertz CT molecular complexity index is 1060. The second kappa shape index (κ2) is 9.76. The molecular formula is C26H33N3O3. The van der Waals surface area contributed by atoms with E-state index in [2.05, 4.69) is 47.0 Å². The molecule has 0 saturated carbocycles. The molecule has 4 rings (SSSR count). The van der Waals surface area contributed by atoms with Gasteiger partial charge in [-0.25, -0.2) is 0 Å². The fraction of sp³-hybridized carbons (Fsp3) is 0.423. The normalized spacial score (nSPS) is 19.4. The van der Waals surface area contributed by atoms with Crippen LogP contribution in [0.2, 0.25) is 0 Å². The fourth-order valence-corrected chi connectivity index (χ4v) is 4.66. The number of methoxy groups -OCH3 is 1. The first-order valence-electron chi connectivity index (χ1n) is 11.4. The van der Waals surface area contributed by atoms with Crippen molar-refractivity contribution in [3.63, 3.8) is 0 Å². The lowest BCUT2D eigenvalue weighted by atomic mass is 9.91. The Balaban J connectivity index is 1.54. The molecule has 0 spiro atoms. The third-order valence-electron chi connectivity index (χ3n) is 6.50. The molecule has 0 unspecified atom stereocenters. The van der Waals surface area contributed by atoms with E-state index in [1.807, 2.05) is 36.4 Å². The summed E-state index contributed by atoms with van der Waals surface area (Å²) in [5, 5.41) is 14.3. The molecule has 0 bridgehead atoms. The Hall–Kier alpha value is -2.83. The molecule has 2 N–H and O–H groups in total. The van der Waals surface area contributed by atoms with E-state index in [0.717, 1.165) is 25.3 Å². The molecule has 1 aliphatic heterocycles. The summed E-state index contributed by atoms with van der Waals surface area (Å²) in [5.41, 5.74) is 3.10. The Morgan fingerprint density at radius 3 is 2.69 bits per heavy atom. The largest absolute Gasteiger partial charge is 0.497 e. The molecule has 1 aromatic heterocycles. The van der Waals surface area contributed by atoms with Crippen molar-refractivity contribution in [2.45, 2.75) is 38.9 Å². The monoisotopic (exact) mass is 435 g/mol. The third kappa shape index (κ3) is 4.66. The number of carbonyl (C=O) groups is 1. The van der Waals surface area contributed by atoms with Gasteiger partial charge in [0.2, 0.25) is 0 Å². The summed E-state index contributed by atoms with van der Waals surface area (Å²) in [7, 11) is 1.69. The minimum atomic E-state index is -0.0885. The number of hydrogen-bond acceptors (Lipinski definition) is 4. The van der Waals surface area contributed by atoms with Crippen molar-refractivity contribution < 1.29 is 14.6 Å². The zero-order chi connectivity index (χ0) is 22.7. The van der Waals surface area contributed by atoms with Crippen LogP contribution in [0.4, 0.5) is 0 Å². The van der Waals surface area contributed by atoms with Crippen LogP contribution in [0.25, 0.3) is 10.9 Å². The summed E-state index contributed by atoms with van der Waals surface area (Å²) in [6, 6.07) is 15.8. The minimum Gasteiger partial charge on any atom is -0.497 e. The number of hydrogen-bond donors (Lipinski definition) is 2. The van der Waals surface area contributed by atoms with Gasteiger partial charge in [-0.1, -0.05) is 18.2 Å². The molecule has 2 heterocycles. The van der Waals surface area contributed by atoms with Gasteiger partial charge in [0.15, 0.2) is 0 Å². The first-order valence-corrected chi connectivity index (χ1v) is 11.4. The van der Waals surface area contributed by atoms with Gasteiger partial charge >= 0.3 is 0 Å². The Morgan fingerprint density at radius 1 is 1.22 bits per heavy atom. The number of ether oxygens (including phenoxy) is 1. The number of aromatic nitrogens is 1. The summed E-state index contributed by atoms with van der Waals surface area (Å²) in [4.78, 5) is 15.1. The number of carbonyl (C=O) groups excluding carboxylic acids is 1.